The molecule has 0 fully saturated rings. The molecule has 1 N–H and O–H groups in total. The molecule has 0 aliphatic carbocycles. The van der Waals surface area contributed by atoms with E-state index in [0.717, 1.165) is 39.2 Å². The molecule has 0 saturated heterocycles. The number of ether oxygens (including phenoxy) is 1. The number of nitrogens with one attached hydrogen (secondary N) is 1. The zero-order valence-electron chi connectivity index (χ0n) is 21.0. The van der Waals surface area contributed by atoms with E-state index in [4.69, 9.17) is 10.00 Å². The van der Waals surface area contributed by atoms with Crippen LogP contribution in [-0.2, 0) is 17.8 Å². The van der Waals surface area contributed by atoms with Crippen LogP contribution in [0.1, 0.15) is 27.2 Å². The van der Waals surface area contributed by atoms with Crippen molar-refractivity contribution in [1.82, 2.24) is 9.55 Å². The molecular weight excluding hydrogens is 472 g/mol. The predicted molar refractivity (Wildman–Crippen MR) is 148 cm³/mol. The third kappa shape index (κ3) is 5.48. The van der Waals surface area contributed by atoms with Crippen LogP contribution in [-0.4, -0.2) is 22.6 Å². The molecule has 6 nitrogen and oxygen atoms in total. The molecule has 0 spiro atoms. The zero-order valence-corrected chi connectivity index (χ0v) is 21.0. The number of methoxy groups -OCH3 is 1. The Bertz CT molecular complexity index is 1600. The minimum Gasteiger partial charge on any atom is -0.465 e. The van der Waals surface area contributed by atoms with Crippen LogP contribution in [0.5, 0.6) is 0 Å². The maximum atomic E-state index is 12.1. The summed E-state index contributed by atoms with van der Waals surface area (Å²) >= 11 is 0. The Kier molecular flexibility index (Phi) is 7.28. The summed E-state index contributed by atoms with van der Waals surface area (Å²) in [5, 5.41) is 12.6. The summed E-state index contributed by atoms with van der Waals surface area (Å²) in [6.45, 7) is 1.27. The van der Waals surface area contributed by atoms with E-state index < -0.39 is 0 Å². The molecule has 5 rings (SSSR count). The molecule has 0 bridgehead atoms. The van der Waals surface area contributed by atoms with Crippen LogP contribution < -0.4 is 5.32 Å². The average molecular weight is 499 g/mol. The van der Waals surface area contributed by atoms with Crippen molar-refractivity contribution < 1.29 is 9.53 Å². The minimum atomic E-state index is -0.357. The molecule has 0 atom stereocenters. The quantitative estimate of drug-likeness (QED) is 0.246. The van der Waals surface area contributed by atoms with Gasteiger partial charge in [-0.1, -0.05) is 60.7 Å². The highest BCUT2D eigenvalue weighted by atomic mass is 16.5. The van der Waals surface area contributed by atoms with Gasteiger partial charge in [0.05, 0.1) is 42.9 Å². The van der Waals surface area contributed by atoms with Crippen molar-refractivity contribution in [1.29, 1.82) is 5.26 Å². The lowest BCUT2D eigenvalue weighted by Crippen LogP contribution is -2.08. The highest BCUT2D eigenvalue weighted by molar-refractivity contribution is 5.93. The number of carbonyl (C=O) groups excluding carboxylic acids is 1. The lowest BCUT2D eigenvalue weighted by atomic mass is 9.93. The smallest absolute Gasteiger partial charge is 0.337 e. The Hall–Kier alpha value is -5.15. The van der Waals surface area contributed by atoms with Crippen LogP contribution in [0.15, 0.2) is 110 Å². The number of nitriles is 1. The van der Waals surface area contributed by atoms with Crippen molar-refractivity contribution in [3.05, 3.63) is 132 Å². The first kappa shape index (κ1) is 24.5. The van der Waals surface area contributed by atoms with Crippen LogP contribution in [0, 0.1) is 11.3 Å². The second-order valence-electron chi connectivity index (χ2n) is 8.87. The van der Waals surface area contributed by atoms with Gasteiger partial charge in [-0.2, -0.15) is 5.26 Å². The van der Waals surface area contributed by atoms with Crippen molar-refractivity contribution in [3.63, 3.8) is 0 Å². The largest absolute Gasteiger partial charge is 0.465 e. The molecule has 0 aliphatic rings. The average Bonchev–Trinajstić information content (AvgIpc) is 3.43. The van der Waals surface area contributed by atoms with Crippen molar-refractivity contribution in [2.75, 3.05) is 12.4 Å². The summed E-state index contributed by atoms with van der Waals surface area (Å²) in [7, 11) is 1.39. The zero-order chi connectivity index (χ0) is 26.3. The Morgan fingerprint density at radius 3 is 2.47 bits per heavy atom. The SMILES string of the molecule is COC(=O)c1cccc(-c2ccc(NCc3cncn3Cc3ccc(C#N)cc3)cc2-c2ccccc2)c1. The van der Waals surface area contributed by atoms with E-state index >= 15 is 0 Å². The van der Waals surface area contributed by atoms with Gasteiger partial charge in [0.1, 0.15) is 0 Å². The Morgan fingerprint density at radius 1 is 0.921 bits per heavy atom. The predicted octanol–water partition coefficient (Wildman–Crippen LogP) is 6.54. The number of esters is 1. The van der Waals surface area contributed by atoms with Gasteiger partial charge in [0, 0.05) is 18.4 Å². The van der Waals surface area contributed by atoms with E-state index in [9.17, 15) is 4.79 Å². The van der Waals surface area contributed by atoms with Gasteiger partial charge in [-0.15, -0.1) is 0 Å². The number of rotatable bonds is 8. The number of hydrogen-bond donors (Lipinski definition) is 1. The number of aromatic nitrogens is 2. The van der Waals surface area contributed by atoms with Gasteiger partial charge in [-0.25, -0.2) is 9.78 Å². The van der Waals surface area contributed by atoms with Gasteiger partial charge in [0.15, 0.2) is 0 Å². The standard InChI is InChI=1S/C32H26N4O2/c1-38-32(37)27-9-5-8-26(16-27)30-15-14-28(17-31(30)25-6-3-2-4-7-25)35-20-29-19-34-22-36(29)21-24-12-10-23(18-33)11-13-24/h2-17,19,22,35H,20-21H2,1H3. The van der Waals surface area contributed by atoms with Gasteiger partial charge in [0.25, 0.3) is 0 Å². The summed E-state index contributed by atoms with van der Waals surface area (Å²) < 4.78 is 7.01. The highest BCUT2D eigenvalue weighted by Gasteiger charge is 2.12. The maximum absolute atomic E-state index is 12.1. The van der Waals surface area contributed by atoms with E-state index in [2.05, 4.69) is 45.2 Å². The fourth-order valence-corrected chi connectivity index (χ4v) is 4.41. The Balaban J connectivity index is 1.41. The van der Waals surface area contributed by atoms with Gasteiger partial charge < -0.3 is 14.6 Å². The summed E-state index contributed by atoms with van der Waals surface area (Å²) in [5.74, 6) is -0.357. The van der Waals surface area contributed by atoms with Crippen LogP contribution in [0.2, 0.25) is 0 Å². The summed E-state index contributed by atoms with van der Waals surface area (Å²) in [6.07, 6.45) is 3.68. The molecule has 38 heavy (non-hydrogen) atoms. The fraction of sp³-hybridized carbons (Fsp3) is 0.0938. The number of carbonyl (C=O) groups is 1. The Morgan fingerprint density at radius 2 is 1.71 bits per heavy atom. The molecular formula is C32H26N4O2. The number of imidazole rings is 1. The van der Waals surface area contributed by atoms with E-state index in [-0.39, 0.29) is 5.97 Å². The number of benzene rings is 4. The van der Waals surface area contributed by atoms with E-state index in [1.807, 2.05) is 79.3 Å². The van der Waals surface area contributed by atoms with Gasteiger partial charge in [0.2, 0.25) is 0 Å². The number of hydrogen-bond acceptors (Lipinski definition) is 5. The molecule has 0 radical (unpaired) electrons. The van der Waals surface area contributed by atoms with Gasteiger partial charge >= 0.3 is 5.97 Å². The van der Waals surface area contributed by atoms with Crippen molar-refractivity contribution >= 4 is 11.7 Å². The minimum absolute atomic E-state index is 0.357. The third-order valence-corrected chi connectivity index (χ3v) is 6.41. The summed E-state index contributed by atoms with van der Waals surface area (Å²) in [4.78, 5) is 16.5. The van der Waals surface area contributed by atoms with Gasteiger partial charge in [-0.3, -0.25) is 0 Å². The topological polar surface area (TPSA) is 79.9 Å². The van der Waals surface area contributed by atoms with Gasteiger partial charge in [-0.05, 0) is 64.2 Å². The van der Waals surface area contributed by atoms with Crippen molar-refractivity contribution in [3.8, 4) is 28.3 Å². The normalized spacial score (nSPS) is 10.5. The molecule has 6 heteroatoms. The molecule has 4 aromatic carbocycles. The third-order valence-electron chi connectivity index (χ3n) is 6.41. The first-order chi connectivity index (χ1) is 18.6. The molecule has 0 aliphatic heterocycles. The van der Waals surface area contributed by atoms with Crippen LogP contribution in [0.3, 0.4) is 0 Å². The van der Waals surface area contributed by atoms with E-state index in [0.29, 0.717) is 24.2 Å². The van der Waals surface area contributed by atoms with Crippen LogP contribution in [0.4, 0.5) is 5.69 Å². The molecule has 1 heterocycles. The van der Waals surface area contributed by atoms with E-state index in [1.54, 1.807) is 6.07 Å². The molecule has 0 unspecified atom stereocenters. The molecule has 0 amide bonds. The molecule has 0 saturated carbocycles. The first-order valence-electron chi connectivity index (χ1n) is 12.2. The number of anilines is 1. The second kappa shape index (κ2) is 11.3. The monoisotopic (exact) mass is 498 g/mol. The molecule has 5 aromatic rings. The van der Waals surface area contributed by atoms with Crippen molar-refractivity contribution in [2.24, 2.45) is 0 Å². The fourth-order valence-electron chi connectivity index (χ4n) is 4.41. The number of nitrogens with zero attached hydrogens (tertiary/aromatic N) is 3. The van der Waals surface area contributed by atoms with E-state index in [1.165, 1.54) is 7.11 Å². The van der Waals surface area contributed by atoms with Crippen LogP contribution in [0.25, 0.3) is 22.3 Å². The highest BCUT2D eigenvalue weighted by Crippen LogP contribution is 2.35. The summed E-state index contributed by atoms with van der Waals surface area (Å²) in [5.41, 5.74) is 8.40. The maximum Gasteiger partial charge on any atom is 0.337 e. The Labute approximate surface area is 221 Å². The van der Waals surface area contributed by atoms with Crippen LogP contribution >= 0.6 is 0 Å². The molecule has 1 aromatic heterocycles. The lowest BCUT2D eigenvalue weighted by Gasteiger charge is -2.15. The lowest BCUT2D eigenvalue weighted by molar-refractivity contribution is 0.0601. The first-order valence-corrected chi connectivity index (χ1v) is 12.2. The molecule has 186 valence electrons. The second-order valence-corrected chi connectivity index (χ2v) is 8.87. The van der Waals surface area contributed by atoms with Crippen molar-refractivity contribution in [2.45, 2.75) is 13.1 Å². The summed E-state index contributed by atoms with van der Waals surface area (Å²) in [6, 6.07) is 33.7.